The van der Waals surface area contributed by atoms with E-state index in [1.165, 1.54) is 17.1 Å². The molecule has 31 heavy (non-hydrogen) atoms. The normalized spacial score (nSPS) is 14.7. The molecule has 2 aromatic rings. The first-order valence-electron chi connectivity index (χ1n) is 10.3. The molecule has 4 rings (SSSR count). The van der Waals surface area contributed by atoms with Crippen LogP contribution in [0.3, 0.4) is 0 Å². The molecular formula is C24H24N2O5. The molecule has 0 heterocycles. The van der Waals surface area contributed by atoms with E-state index in [2.05, 4.69) is 29.6 Å². The van der Waals surface area contributed by atoms with Gasteiger partial charge >= 0.3 is 12.1 Å². The predicted octanol–water partition coefficient (Wildman–Crippen LogP) is 3.16. The van der Waals surface area contributed by atoms with Gasteiger partial charge in [-0.05, 0) is 35.1 Å². The lowest BCUT2D eigenvalue weighted by Crippen LogP contribution is -2.36. The van der Waals surface area contributed by atoms with Crippen LogP contribution in [0.2, 0.25) is 0 Å². The summed E-state index contributed by atoms with van der Waals surface area (Å²) >= 11 is 0. The Balaban J connectivity index is 1.28. The van der Waals surface area contributed by atoms with Gasteiger partial charge in [0.15, 0.2) is 0 Å². The number of aliphatic carboxylic acids is 1. The molecule has 7 nitrogen and oxygen atoms in total. The van der Waals surface area contributed by atoms with E-state index in [0.29, 0.717) is 0 Å². The maximum absolute atomic E-state index is 12.2. The number of carbonyl (C=O) groups excluding carboxylic acids is 2. The highest BCUT2D eigenvalue weighted by Crippen LogP contribution is 2.44. The van der Waals surface area contributed by atoms with Gasteiger partial charge in [-0.2, -0.15) is 0 Å². The van der Waals surface area contributed by atoms with Crippen molar-refractivity contribution in [3.63, 3.8) is 0 Å². The predicted molar refractivity (Wildman–Crippen MR) is 115 cm³/mol. The Labute approximate surface area is 180 Å². The first-order chi connectivity index (χ1) is 15.0. The summed E-state index contributed by atoms with van der Waals surface area (Å²) in [6.07, 6.45) is 3.88. The largest absolute Gasteiger partial charge is 0.480 e. The van der Waals surface area contributed by atoms with E-state index in [1.807, 2.05) is 24.3 Å². The molecule has 7 heteroatoms. The smallest absolute Gasteiger partial charge is 0.407 e. The van der Waals surface area contributed by atoms with Crippen LogP contribution in [0.1, 0.15) is 29.9 Å². The van der Waals surface area contributed by atoms with Gasteiger partial charge in [0.1, 0.15) is 13.2 Å². The molecule has 0 radical (unpaired) electrons. The lowest BCUT2D eigenvalue weighted by molar-refractivity contribution is -0.143. The molecule has 0 saturated heterocycles. The second kappa shape index (κ2) is 9.04. The van der Waals surface area contributed by atoms with Gasteiger partial charge in [-0.25, -0.2) is 4.79 Å². The van der Waals surface area contributed by atoms with Crippen LogP contribution in [0, 0.1) is 0 Å². The van der Waals surface area contributed by atoms with Crippen molar-refractivity contribution in [2.75, 3.05) is 19.7 Å². The molecule has 0 bridgehead atoms. The third-order valence-corrected chi connectivity index (χ3v) is 5.54. The number of carboxylic acid groups (broad SMARTS) is 1. The Morgan fingerprint density at radius 2 is 1.65 bits per heavy atom. The summed E-state index contributed by atoms with van der Waals surface area (Å²) in [7, 11) is 0. The molecule has 2 aliphatic carbocycles. The summed E-state index contributed by atoms with van der Waals surface area (Å²) in [4.78, 5) is 36.5. The Hall–Kier alpha value is -3.61. The zero-order valence-electron chi connectivity index (χ0n) is 17.0. The van der Waals surface area contributed by atoms with Crippen molar-refractivity contribution in [1.82, 2.24) is 10.2 Å². The number of carboxylic acids is 1. The average molecular weight is 420 g/mol. The van der Waals surface area contributed by atoms with E-state index in [9.17, 15) is 14.4 Å². The number of carbonyl (C=O) groups is 3. The number of benzene rings is 2. The van der Waals surface area contributed by atoms with E-state index >= 15 is 0 Å². The first-order valence-corrected chi connectivity index (χ1v) is 10.3. The third-order valence-electron chi connectivity index (χ3n) is 5.54. The minimum atomic E-state index is -1.04. The Bertz CT molecular complexity index is 983. The van der Waals surface area contributed by atoms with Crippen molar-refractivity contribution in [2.45, 2.75) is 24.8 Å². The van der Waals surface area contributed by atoms with Crippen molar-refractivity contribution in [3.05, 3.63) is 71.8 Å². The highest BCUT2D eigenvalue weighted by atomic mass is 16.5. The molecule has 2 aromatic carbocycles. The van der Waals surface area contributed by atoms with Gasteiger partial charge < -0.3 is 20.1 Å². The lowest BCUT2D eigenvalue weighted by atomic mass is 9.98. The van der Waals surface area contributed by atoms with Gasteiger partial charge in [-0.1, -0.05) is 54.6 Å². The number of alkyl carbamates (subject to hydrolysis) is 1. The van der Waals surface area contributed by atoms with Crippen LogP contribution in [0.5, 0.6) is 0 Å². The van der Waals surface area contributed by atoms with E-state index in [-0.39, 0.29) is 37.6 Å². The number of hydrogen-bond donors (Lipinski definition) is 2. The minimum Gasteiger partial charge on any atom is -0.480 e. The van der Waals surface area contributed by atoms with Gasteiger partial charge in [0.05, 0.1) is 0 Å². The van der Waals surface area contributed by atoms with Crippen LogP contribution < -0.4 is 5.32 Å². The fourth-order valence-corrected chi connectivity index (χ4v) is 3.97. The first kappa shape index (κ1) is 20.7. The fraction of sp³-hybridized carbons (Fsp3) is 0.292. The topological polar surface area (TPSA) is 95.9 Å². The summed E-state index contributed by atoms with van der Waals surface area (Å²) in [5, 5.41) is 11.5. The highest BCUT2D eigenvalue weighted by molar-refractivity contribution is 5.90. The Morgan fingerprint density at radius 1 is 1.03 bits per heavy atom. The molecule has 0 spiro atoms. The second-order valence-electron chi connectivity index (χ2n) is 7.70. The van der Waals surface area contributed by atoms with E-state index in [4.69, 9.17) is 9.84 Å². The molecule has 1 fully saturated rings. The summed E-state index contributed by atoms with van der Waals surface area (Å²) in [6, 6.07) is 16.2. The number of nitrogens with zero attached hydrogens (tertiary/aromatic N) is 1. The van der Waals surface area contributed by atoms with Crippen LogP contribution in [0.15, 0.2) is 60.7 Å². The van der Waals surface area contributed by atoms with Gasteiger partial charge in [0.25, 0.3) is 0 Å². The van der Waals surface area contributed by atoms with Crippen LogP contribution in [0.4, 0.5) is 4.79 Å². The highest BCUT2D eigenvalue weighted by Gasteiger charge is 2.32. The number of ether oxygens (including phenoxy) is 1. The van der Waals surface area contributed by atoms with E-state index < -0.39 is 12.1 Å². The summed E-state index contributed by atoms with van der Waals surface area (Å²) in [5.41, 5.74) is 4.60. The van der Waals surface area contributed by atoms with Crippen LogP contribution in [0.25, 0.3) is 11.1 Å². The molecule has 0 atom stereocenters. The molecule has 2 aliphatic rings. The van der Waals surface area contributed by atoms with Gasteiger partial charge in [0.2, 0.25) is 5.91 Å². The zero-order valence-corrected chi connectivity index (χ0v) is 17.0. The summed E-state index contributed by atoms with van der Waals surface area (Å²) in [5.74, 6) is -1.41. The van der Waals surface area contributed by atoms with Crippen molar-refractivity contribution in [3.8, 4) is 11.1 Å². The van der Waals surface area contributed by atoms with Crippen molar-refractivity contribution in [1.29, 1.82) is 0 Å². The fourth-order valence-electron chi connectivity index (χ4n) is 3.97. The minimum absolute atomic E-state index is 0.00309. The molecule has 0 unspecified atom stereocenters. The molecule has 0 aromatic heterocycles. The van der Waals surface area contributed by atoms with Gasteiger partial charge in [-0.15, -0.1) is 0 Å². The SMILES string of the molecule is O=C(O)CN(C(=O)/C=C/CNC(=O)OCC1c2ccccc2-c2ccccc21)C1CC1. The van der Waals surface area contributed by atoms with Crippen LogP contribution in [-0.4, -0.2) is 53.7 Å². The molecule has 2 N–H and O–H groups in total. The van der Waals surface area contributed by atoms with E-state index in [1.54, 1.807) is 0 Å². The standard InChI is InChI=1S/C24H24N2O5/c27-22(26(14-23(28)29)16-11-12-16)10-5-13-25-24(30)31-15-21-19-8-3-1-6-17(19)18-7-2-4-9-20(18)21/h1-10,16,21H,11-15H2,(H,25,30)(H,28,29)/b10-5+. The number of amides is 2. The zero-order chi connectivity index (χ0) is 21.8. The molecule has 0 aliphatic heterocycles. The molecule has 160 valence electrons. The quantitative estimate of drug-likeness (QED) is 0.640. The van der Waals surface area contributed by atoms with Gasteiger partial charge in [-0.3, -0.25) is 9.59 Å². The average Bonchev–Trinajstić information content (AvgIpc) is 3.56. The van der Waals surface area contributed by atoms with Crippen molar-refractivity contribution < 1.29 is 24.2 Å². The maximum Gasteiger partial charge on any atom is 0.407 e. The van der Waals surface area contributed by atoms with Crippen LogP contribution in [-0.2, 0) is 14.3 Å². The monoisotopic (exact) mass is 420 g/mol. The molecular weight excluding hydrogens is 396 g/mol. The third kappa shape index (κ3) is 4.77. The second-order valence-corrected chi connectivity index (χ2v) is 7.70. The Kier molecular flexibility index (Phi) is 6.02. The molecule has 2 amide bonds. The summed E-state index contributed by atoms with van der Waals surface area (Å²) < 4.78 is 5.44. The Morgan fingerprint density at radius 3 is 2.23 bits per heavy atom. The van der Waals surface area contributed by atoms with E-state index in [0.717, 1.165) is 35.1 Å². The number of hydrogen-bond acceptors (Lipinski definition) is 4. The van der Waals surface area contributed by atoms with Crippen molar-refractivity contribution in [2.24, 2.45) is 0 Å². The lowest BCUT2D eigenvalue weighted by Gasteiger charge is -2.18. The number of rotatable bonds is 8. The van der Waals surface area contributed by atoms with Crippen LogP contribution >= 0.6 is 0 Å². The van der Waals surface area contributed by atoms with Crippen molar-refractivity contribution >= 4 is 18.0 Å². The molecule has 1 saturated carbocycles. The van der Waals surface area contributed by atoms with Gasteiger partial charge in [0, 0.05) is 24.6 Å². The maximum atomic E-state index is 12.2. The number of fused-ring (bicyclic) bond motifs is 3. The number of nitrogens with one attached hydrogen (secondary N) is 1. The summed E-state index contributed by atoms with van der Waals surface area (Å²) in [6.45, 7) is 0.0260.